The van der Waals surface area contributed by atoms with Gasteiger partial charge in [0.05, 0.1) is 22.2 Å². The number of hydrogen-bond donors (Lipinski definition) is 0. The highest BCUT2D eigenvalue weighted by Crippen LogP contribution is 2.43. The van der Waals surface area contributed by atoms with Crippen molar-refractivity contribution in [1.29, 1.82) is 0 Å². The van der Waals surface area contributed by atoms with Crippen LogP contribution in [0.15, 0.2) is 33.2 Å². The van der Waals surface area contributed by atoms with Gasteiger partial charge in [-0.2, -0.15) is 0 Å². The van der Waals surface area contributed by atoms with Crippen molar-refractivity contribution in [2.24, 2.45) is 0 Å². The van der Waals surface area contributed by atoms with E-state index in [1.807, 2.05) is 11.3 Å². The molecule has 3 aromatic rings. The van der Waals surface area contributed by atoms with Crippen LogP contribution in [0.2, 0.25) is 0 Å². The van der Waals surface area contributed by atoms with Crippen LogP contribution in [0.25, 0.3) is 20.2 Å². The number of hydrogen-bond acceptors (Lipinski definition) is 3. The van der Waals surface area contributed by atoms with Gasteiger partial charge in [0, 0.05) is 20.2 Å². The molecule has 0 unspecified atom stereocenters. The average Bonchev–Trinajstić information content (AvgIpc) is 3.13. The Morgan fingerprint density at radius 3 is 1.39 bits per heavy atom. The summed E-state index contributed by atoms with van der Waals surface area (Å²) in [4.78, 5) is 0. The highest BCUT2D eigenvalue weighted by Gasteiger charge is 2.13. The van der Waals surface area contributed by atoms with Gasteiger partial charge in [-0.1, -0.05) is 78.1 Å². The third-order valence-electron chi connectivity index (χ3n) is 6.09. The smallest absolute Gasteiger partial charge is 0.134 e. The molecule has 0 aliphatic rings. The first-order valence-corrected chi connectivity index (χ1v) is 15.1. The van der Waals surface area contributed by atoms with Gasteiger partial charge in [0.2, 0.25) is 0 Å². The minimum absolute atomic E-state index is 0.774. The Hall–Kier alpha value is -0.780. The fourth-order valence-corrected chi connectivity index (χ4v) is 6.50. The van der Waals surface area contributed by atoms with E-state index in [2.05, 4.69) is 70.0 Å². The van der Waals surface area contributed by atoms with E-state index in [4.69, 9.17) is 9.47 Å². The molecule has 0 N–H and O–H groups in total. The summed E-state index contributed by atoms with van der Waals surface area (Å²) in [6, 6.07) is 8.78. The number of ether oxygens (including phenoxy) is 2. The molecule has 3 rings (SSSR count). The lowest BCUT2D eigenvalue weighted by atomic mass is 10.1. The summed E-state index contributed by atoms with van der Waals surface area (Å²) in [5, 5.41) is 2.49. The van der Waals surface area contributed by atoms with Gasteiger partial charge in [0.1, 0.15) is 11.5 Å². The molecule has 1 heterocycles. The van der Waals surface area contributed by atoms with Crippen LogP contribution in [-0.2, 0) is 0 Å². The lowest BCUT2D eigenvalue weighted by Gasteiger charge is -2.10. The molecule has 0 bridgehead atoms. The number of halogens is 2. The molecule has 0 spiro atoms. The van der Waals surface area contributed by atoms with Gasteiger partial charge >= 0.3 is 0 Å². The molecule has 0 radical (unpaired) electrons. The summed E-state index contributed by atoms with van der Waals surface area (Å²) in [6.45, 7) is 6.07. The first-order valence-electron chi connectivity index (χ1n) is 12.7. The van der Waals surface area contributed by atoms with Crippen molar-refractivity contribution < 1.29 is 9.47 Å². The molecule has 2 nitrogen and oxygen atoms in total. The summed E-state index contributed by atoms with van der Waals surface area (Å²) < 4.78 is 16.9. The number of benzene rings is 2. The Balaban J connectivity index is 1.63. The molecule has 5 heteroatoms. The molecular weight excluding hydrogens is 560 g/mol. The van der Waals surface area contributed by atoms with E-state index in [0.717, 1.165) is 46.5 Å². The first kappa shape index (κ1) is 26.8. The number of fused-ring (bicyclic) bond motifs is 3. The number of thiophene rings is 1. The van der Waals surface area contributed by atoms with E-state index < -0.39 is 0 Å². The maximum atomic E-state index is 6.16. The summed E-state index contributed by atoms with van der Waals surface area (Å²) in [5.41, 5.74) is 0. The Labute approximate surface area is 220 Å². The van der Waals surface area contributed by atoms with Crippen molar-refractivity contribution >= 4 is 63.4 Å². The quantitative estimate of drug-likeness (QED) is 0.153. The summed E-state index contributed by atoms with van der Waals surface area (Å²) >= 11 is 9.25. The SMILES string of the molecule is CCCCCCCCOc1cc2c(cc1Br)sc1cc(Br)c(OCCCCCCCC)cc12. The van der Waals surface area contributed by atoms with E-state index in [1.54, 1.807) is 0 Å². The zero-order chi connectivity index (χ0) is 23.5. The largest absolute Gasteiger partial charge is 0.492 e. The molecule has 0 saturated heterocycles. The molecule has 0 aliphatic heterocycles. The van der Waals surface area contributed by atoms with Gasteiger partial charge in [0.15, 0.2) is 0 Å². The zero-order valence-corrected chi connectivity index (χ0v) is 24.2. The van der Waals surface area contributed by atoms with Crippen molar-refractivity contribution in [3.05, 3.63) is 33.2 Å². The summed E-state index contributed by atoms with van der Waals surface area (Å²) in [5.74, 6) is 1.88. The maximum absolute atomic E-state index is 6.16. The van der Waals surface area contributed by atoms with Crippen molar-refractivity contribution in [3.63, 3.8) is 0 Å². The second-order valence-electron chi connectivity index (χ2n) is 8.89. The third-order valence-corrected chi connectivity index (χ3v) is 8.44. The molecule has 0 fully saturated rings. The molecule has 0 atom stereocenters. The maximum Gasteiger partial charge on any atom is 0.134 e. The van der Waals surface area contributed by atoms with Crippen molar-refractivity contribution in [1.82, 2.24) is 0 Å². The number of rotatable bonds is 16. The fraction of sp³-hybridized carbons (Fsp3) is 0.571. The van der Waals surface area contributed by atoms with E-state index in [1.165, 1.54) is 84.4 Å². The predicted octanol–water partition coefficient (Wildman–Crippen LogP) is 11.1. The van der Waals surface area contributed by atoms with Crippen LogP contribution >= 0.6 is 43.2 Å². The Morgan fingerprint density at radius 2 is 0.970 bits per heavy atom. The molecule has 2 aromatic carbocycles. The van der Waals surface area contributed by atoms with Crippen LogP contribution in [0.1, 0.15) is 90.9 Å². The second-order valence-corrected chi connectivity index (χ2v) is 11.7. The topological polar surface area (TPSA) is 18.5 Å². The molecule has 182 valence electrons. The zero-order valence-electron chi connectivity index (χ0n) is 20.2. The van der Waals surface area contributed by atoms with Crippen LogP contribution in [0.3, 0.4) is 0 Å². The molecule has 0 saturated carbocycles. The monoisotopic (exact) mass is 596 g/mol. The Bertz CT molecular complexity index is 920. The molecule has 1 aromatic heterocycles. The van der Waals surface area contributed by atoms with Gasteiger partial charge in [-0.3, -0.25) is 0 Å². The summed E-state index contributed by atoms with van der Waals surface area (Å²) in [7, 11) is 0. The fourth-order valence-electron chi connectivity index (χ4n) is 4.13. The van der Waals surface area contributed by atoms with Crippen molar-refractivity contribution in [2.75, 3.05) is 13.2 Å². The average molecular weight is 598 g/mol. The van der Waals surface area contributed by atoms with Crippen LogP contribution in [0, 0.1) is 0 Å². The minimum Gasteiger partial charge on any atom is -0.492 e. The highest BCUT2D eigenvalue weighted by molar-refractivity contribution is 9.11. The Kier molecular flexibility index (Phi) is 11.8. The molecule has 33 heavy (non-hydrogen) atoms. The van der Waals surface area contributed by atoms with Crippen molar-refractivity contribution in [3.8, 4) is 11.5 Å². The second kappa shape index (κ2) is 14.6. The van der Waals surface area contributed by atoms with Crippen LogP contribution < -0.4 is 9.47 Å². The first-order chi connectivity index (χ1) is 16.1. The van der Waals surface area contributed by atoms with E-state index in [-0.39, 0.29) is 0 Å². The standard InChI is InChI=1S/C28H38Br2O2S/c1-3-5-7-9-11-13-15-31-25-17-21-22-18-26(32-16-14-12-10-8-6-4-2)24(30)20-28(22)33-27(21)19-23(25)29/h17-20H,3-16H2,1-2H3. The minimum atomic E-state index is 0.774. The lowest BCUT2D eigenvalue weighted by Crippen LogP contribution is -1.98. The van der Waals surface area contributed by atoms with Crippen LogP contribution in [0.5, 0.6) is 11.5 Å². The van der Waals surface area contributed by atoms with Gasteiger partial charge in [-0.05, 0) is 69.0 Å². The van der Waals surface area contributed by atoms with E-state index in [9.17, 15) is 0 Å². The van der Waals surface area contributed by atoms with Crippen LogP contribution in [-0.4, -0.2) is 13.2 Å². The van der Waals surface area contributed by atoms with E-state index >= 15 is 0 Å². The molecule has 0 aliphatic carbocycles. The van der Waals surface area contributed by atoms with Crippen LogP contribution in [0.4, 0.5) is 0 Å². The van der Waals surface area contributed by atoms with Gasteiger partial charge in [-0.25, -0.2) is 0 Å². The van der Waals surface area contributed by atoms with E-state index in [0.29, 0.717) is 0 Å². The molecular formula is C28H38Br2O2S. The summed E-state index contributed by atoms with van der Waals surface area (Å²) in [6.07, 6.45) is 15.3. The number of unbranched alkanes of at least 4 members (excludes halogenated alkanes) is 10. The third kappa shape index (κ3) is 8.14. The van der Waals surface area contributed by atoms with Gasteiger partial charge < -0.3 is 9.47 Å². The highest BCUT2D eigenvalue weighted by atomic mass is 79.9. The molecule has 0 amide bonds. The Morgan fingerprint density at radius 1 is 0.576 bits per heavy atom. The van der Waals surface area contributed by atoms with Crippen molar-refractivity contribution in [2.45, 2.75) is 90.9 Å². The predicted molar refractivity (Wildman–Crippen MR) is 152 cm³/mol. The normalized spacial score (nSPS) is 11.5. The lowest BCUT2D eigenvalue weighted by molar-refractivity contribution is 0.302. The van der Waals surface area contributed by atoms with Gasteiger partial charge in [0.25, 0.3) is 0 Å². The van der Waals surface area contributed by atoms with Gasteiger partial charge in [-0.15, -0.1) is 11.3 Å².